The van der Waals surface area contributed by atoms with Gasteiger partial charge in [0.2, 0.25) is 0 Å². The van der Waals surface area contributed by atoms with Crippen molar-refractivity contribution >= 4 is 17.9 Å². The molecule has 0 amide bonds. The molecule has 1 saturated heterocycles. The van der Waals surface area contributed by atoms with Crippen molar-refractivity contribution in [1.82, 2.24) is 4.90 Å². The van der Waals surface area contributed by atoms with Crippen LogP contribution in [0.5, 0.6) is 0 Å². The van der Waals surface area contributed by atoms with Crippen LogP contribution in [0.15, 0.2) is 0 Å². The predicted octanol–water partition coefficient (Wildman–Crippen LogP) is 10.4. The fourth-order valence-electron chi connectivity index (χ4n) is 6.89. The Hall–Kier alpha value is -1.71. The van der Waals surface area contributed by atoms with Crippen molar-refractivity contribution in [2.45, 2.75) is 231 Å². The van der Waals surface area contributed by atoms with Gasteiger partial charge in [-0.3, -0.25) is 14.4 Å². The van der Waals surface area contributed by atoms with Crippen molar-refractivity contribution in [2.24, 2.45) is 0 Å². The van der Waals surface area contributed by atoms with Gasteiger partial charge in [0.1, 0.15) is 12.7 Å². The van der Waals surface area contributed by atoms with Gasteiger partial charge in [0.05, 0.1) is 0 Å². The van der Waals surface area contributed by atoms with E-state index in [0.717, 1.165) is 32.2 Å². The summed E-state index contributed by atoms with van der Waals surface area (Å²) in [6.45, 7) is 5.06. The van der Waals surface area contributed by atoms with E-state index in [-0.39, 0.29) is 31.8 Å². The van der Waals surface area contributed by atoms with Crippen LogP contribution in [0.2, 0.25) is 0 Å². The SMILES string of the molecule is CCCCCCCCCCCCCCCC(=O)OC1[C@H](O)O[C@H](COC(=O)CCCN(C)C)[C@@H]1OC(=O)CCCCCCCCCCCCCCC. The summed E-state index contributed by atoms with van der Waals surface area (Å²) in [7, 11) is 3.88. The van der Waals surface area contributed by atoms with Crippen LogP contribution in [-0.4, -0.2) is 79.8 Å². The molecule has 1 N–H and O–H groups in total. The lowest BCUT2D eigenvalue weighted by Gasteiger charge is -2.23. The molecule has 0 aromatic carbocycles. The first-order valence-corrected chi connectivity index (χ1v) is 21.8. The smallest absolute Gasteiger partial charge is 0.306 e. The summed E-state index contributed by atoms with van der Waals surface area (Å²) in [6.07, 6.45) is 28.4. The largest absolute Gasteiger partial charge is 0.463 e. The summed E-state index contributed by atoms with van der Waals surface area (Å²) in [5.41, 5.74) is 0. The highest BCUT2D eigenvalue weighted by Crippen LogP contribution is 2.28. The minimum Gasteiger partial charge on any atom is -0.463 e. The van der Waals surface area contributed by atoms with Gasteiger partial charge in [0, 0.05) is 19.3 Å². The van der Waals surface area contributed by atoms with E-state index < -0.39 is 36.5 Å². The fraction of sp³-hybridized carbons (Fsp3) is 0.930. The van der Waals surface area contributed by atoms with Gasteiger partial charge in [0.25, 0.3) is 0 Å². The normalized spacial score (nSPS) is 18.6. The summed E-state index contributed by atoms with van der Waals surface area (Å²) in [6, 6.07) is 0. The number of ether oxygens (including phenoxy) is 4. The van der Waals surface area contributed by atoms with Gasteiger partial charge < -0.3 is 29.0 Å². The maximum atomic E-state index is 12.9. The van der Waals surface area contributed by atoms with Crippen LogP contribution in [0, 0.1) is 0 Å². The lowest BCUT2D eigenvalue weighted by molar-refractivity contribution is -0.177. The van der Waals surface area contributed by atoms with Crippen LogP contribution in [-0.2, 0) is 33.3 Å². The van der Waals surface area contributed by atoms with Gasteiger partial charge in [-0.1, -0.05) is 168 Å². The second-order valence-corrected chi connectivity index (χ2v) is 15.5. The molecule has 9 nitrogen and oxygen atoms in total. The number of aliphatic hydroxyl groups is 1. The van der Waals surface area contributed by atoms with Crippen molar-refractivity contribution < 1.29 is 38.4 Å². The highest BCUT2D eigenvalue weighted by molar-refractivity contribution is 5.71. The molecule has 1 rings (SSSR count). The zero-order valence-electron chi connectivity index (χ0n) is 34.2. The number of nitrogens with zero attached hydrogens (tertiary/aromatic N) is 1. The number of carbonyl (C=O) groups is 3. The molecule has 52 heavy (non-hydrogen) atoms. The van der Waals surface area contributed by atoms with E-state index in [1.165, 1.54) is 128 Å². The topological polar surface area (TPSA) is 112 Å². The highest BCUT2D eigenvalue weighted by atomic mass is 16.7. The number of rotatable bonds is 36. The van der Waals surface area contributed by atoms with E-state index >= 15 is 0 Å². The number of aliphatic hydroxyl groups excluding tert-OH is 1. The summed E-state index contributed by atoms with van der Waals surface area (Å²) < 4.78 is 22.5. The molecule has 1 heterocycles. The molecule has 0 aromatic heterocycles. The zero-order chi connectivity index (χ0) is 38.1. The average Bonchev–Trinajstić information content (AvgIpc) is 3.40. The maximum absolute atomic E-state index is 12.9. The minimum atomic E-state index is -1.47. The Labute approximate surface area is 319 Å². The molecule has 4 atom stereocenters. The van der Waals surface area contributed by atoms with Crippen molar-refractivity contribution in [1.29, 1.82) is 0 Å². The van der Waals surface area contributed by atoms with Crippen molar-refractivity contribution in [3.63, 3.8) is 0 Å². The minimum absolute atomic E-state index is 0.193. The number of carbonyl (C=O) groups excluding carboxylic acids is 3. The number of hydrogen-bond acceptors (Lipinski definition) is 9. The van der Waals surface area contributed by atoms with E-state index in [1.54, 1.807) is 0 Å². The Balaban J connectivity index is 2.43. The quantitative estimate of drug-likeness (QED) is 0.0381. The van der Waals surface area contributed by atoms with Crippen molar-refractivity contribution in [3.8, 4) is 0 Å². The molecule has 0 spiro atoms. The molecule has 0 saturated carbocycles. The molecular weight excluding hydrogens is 658 g/mol. The summed E-state index contributed by atoms with van der Waals surface area (Å²) in [5.74, 6) is -1.26. The maximum Gasteiger partial charge on any atom is 0.306 e. The van der Waals surface area contributed by atoms with Gasteiger partial charge >= 0.3 is 17.9 Å². The number of unbranched alkanes of at least 4 members (excludes halogenated alkanes) is 24. The number of hydrogen-bond donors (Lipinski definition) is 1. The zero-order valence-corrected chi connectivity index (χ0v) is 34.2. The van der Waals surface area contributed by atoms with Gasteiger partial charge in [-0.2, -0.15) is 0 Å². The van der Waals surface area contributed by atoms with Crippen LogP contribution in [0.25, 0.3) is 0 Å². The molecule has 0 aromatic rings. The van der Waals surface area contributed by atoms with Crippen molar-refractivity contribution in [2.75, 3.05) is 27.2 Å². The van der Waals surface area contributed by atoms with Gasteiger partial charge in [-0.15, -0.1) is 0 Å². The van der Waals surface area contributed by atoms with Crippen LogP contribution < -0.4 is 0 Å². The van der Waals surface area contributed by atoms with E-state index in [0.29, 0.717) is 19.3 Å². The van der Waals surface area contributed by atoms with Crippen LogP contribution >= 0.6 is 0 Å². The standard InChI is InChI=1S/C43H81NO8/c1-5-7-9-11-13-15-17-19-21-23-25-27-29-32-39(46)51-41-37(36-49-38(45)34-31-35-44(3)4)50-43(48)42(41)52-40(47)33-30-28-26-24-22-20-18-16-14-12-10-8-6-2/h37,41-43,48H,5-36H2,1-4H3/t37-,41+,42?,43-/m1/s1. The third kappa shape index (κ3) is 27.0. The molecular formula is C43H81NO8. The first-order valence-electron chi connectivity index (χ1n) is 21.8. The van der Waals surface area contributed by atoms with E-state index in [1.807, 2.05) is 19.0 Å². The lowest BCUT2D eigenvalue weighted by Crippen LogP contribution is -2.42. The summed E-state index contributed by atoms with van der Waals surface area (Å²) in [5, 5.41) is 10.7. The third-order valence-electron chi connectivity index (χ3n) is 10.2. The van der Waals surface area contributed by atoms with Crippen LogP contribution in [0.4, 0.5) is 0 Å². The fourth-order valence-corrected chi connectivity index (χ4v) is 6.89. The van der Waals surface area contributed by atoms with E-state index in [2.05, 4.69) is 13.8 Å². The second-order valence-electron chi connectivity index (χ2n) is 15.5. The van der Waals surface area contributed by atoms with E-state index in [4.69, 9.17) is 18.9 Å². The molecule has 0 aliphatic carbocycles. The molecule has 0 radical (unpaired) electrons. The third-order valence-corrected chi connectivity index (χ3v) is 10.2. The number of esters is 3. The molecule has 1 unspecified atom stereocenters. The second kappa shape index (κ2) is 33.8. The lowest BCUT2D eigenvalue weighted by atomic mass is 10.0. The molecule has 9 heteroatoms. The van der Waals surface area contributed by atoms with Gasteiger partial charge in [0.15, 0.2) is 18.5 Å². The van der Waals surface area contributed by atoms with Crippen molar-refractivity contribution in [3.05, 3.63) is 0 Å². The van der Waals surface area contributed by atoms with Crippen LogP contribution in [0.1, 0.15) is 206 Å². The monoisotopic (exact) mass is 740 g/mol. The first kappa shape index (κ1) is 48.3. The van der Waals surface area contributed by atoms with Gasteiger partial charge in [-0.05, 0) is 39.9 Å². The predicted molar refractivity (Wildman–Crippen MR) is 210 cm³/mol. The van der Waals surface area contributed by atoms with E-state index in [9.17, 15) is 19.5 Å². The molecule has 1 aliphatic heterocycles. The molecule has 0 bridgehead atoms. The Morgan fingerprint density at radius 3 is 1.23 bits per heavy atom. The Morgan fingerprint density at radius 1 is 0.500 bits per heavy atom. The van der Waals surface area contributed by atoms with Crippen LogP contribution in [0.3, 0.4) is 0 Å². The Bertz CT molecular complexity index is 868. The Morgan fingerprint density at radius 2 is 0.846 bits per heavy atom. The first-order chi connectivity index (χ1) is 25.3. The summed E-state index contributed by atoms with van der Waals surface area (Å²) >= 11 is 0. The molecule has 1 aliphatic rings. The highest BCUT2D eigenvalue weighted by Gasteiger charge is 2.49. The average molecular weight is 740 g/mol. The molecule has 1 fully saturated rings. The van der Waals surface area contributed by atoms with Gasteiger partial charge in [-0.25, -0.2) is 0 Å². The summed E-state index contributed by atoms with van der Waals surface area (Å²) in [4.78, 5) is 40.1. The Kier molecular flexibility index (Phi) is 31.4. The molecule has 306 valence electrons.